The summed E-state index contributed by atoms with van der Waals surface area (Å²) in [5, 5.41) is 6.80. The fourth-order valence-corrected chi connectivity index (χ4v) is 2.01. The summed E-state index contributed by atoms with van der Waals surface area (Å²) in [6.45, 7) is 2.11. The van der Waals surface area contributed by atoms with Crippen molar-refractivity contribution >= 4 is 11.7 Å². The molecule has 0 saturated heterocycles. The number of furan rings is 1. The lowest BCUT2D eigenvalue weighted by Gasteiger charge is -2.10. The van der Waals surface area contributed by atoms with Crippen molar-refractivity contribution in [3.8, 4) is 0 Å². The van der Waals surface area contributed by atoms with E-state index >= 15 is 0 Å². The molecule has 3 rings (SSSR count). The second kappa shape index (κ2) is 6.78. The van der Waals surface area contributed by atoms with E-state index in [2.05, 4.69) is 15.5 Å². The number of hydrogen-bond donors (Lipinski definition) is 1. The smallest absolute Gasteiger partial charge is 0.340 e. The molecule has 0 aliphatic heterocycles. The van der Waals surface area contributed by atoms with Gasteiger partial charge in [-0.15, -0.1) is 0 Å². The lowest BCUT2D eigenvalue weighted by Crippen LogP contribution is -2.10. The third kappa shape index (κ3) is 3.76. The SMILES string of the molecule is Cc1noc(COC(=O)c2ccccc2NCc2ccco2)n1. The maximum Gasteiger partial charge on any atom is 0.340 e. The van der Waals surface area contributed by atoms with Crippen molar-refractivity contribution in [1.82, 2.24) is 10.1 Å². The van der Waals surface area contributed by atoms with Gasteiger partial charge >= 0.3 is 5.97 Å². The average molecular weight is 313 g/mol. The van der Waals surface area contributed by atoms with Gasteiger partial charge in [0.05, 0.1) is 18.4 Å². The number of para-hydroxylation sites is 1. The number of hydrogen-bond acceptors (Lipinski definition) is 7. The van der Waals surface area contributed by atoms with Gasteiger partial charge in [0, 0.05) is 5.69 Å². The highest BCUT2D eigenvalue weighted by molar-refractivity contribution is 5.95. The third-order valence-corrected chi connectivity index (χ3v) is 3.08. The summed E-state index contributed by atoms with van der Waals surface area (Å²) in [5.74, 6) is 1.06. The zero-order valence-electron chi connectivity index (χ0n) is 12.5. The molecule has 0 unspecified atom stereocenters. The monoisotopic (exact) mass is 313 g/mol. The second-order valence-electron chi connectivity index (χ2n) is 4.79. The molecule has 0 saturated carbocycles. The van der Waals surface area contributed by atoms with Crippen LogP contribution in [0.4, 0.5) is 5.69 Å². The number of carbonyl (C=O) groups is 1. The van der Waals surface area contributed by atoms with E-state index in [4.69, 9.17) is 13.7 Å². The normalized spacial score (nSPS) is 10.5. The molecule has 2 heterocycles. The van der Waals surface area contributed by atoms with E-state index in [1.165, 1.54) is 0 Å². The summed E-state index contributed by atoms with van der Waals surface area (Å²) in [6.07, 6.45) is 1.60. The summed E-state index contributed by atoms with van der Waals surface area (Å²) < 4.78 is 15.4. The Balaban J connectivity index is 1.65. The van der Waals surface area contributed by atoms with Gasteiger partial charge < -0.3 is 19.0 Å². The number of rotatable bonds is 6. The summed E-state index contributed by atoms with van der Waals surface area (Å²) in [7, 11) is 0. The summed E-state index contributed by atoms with van der Waals surface area (Å²) in [4.78, 5) is 16.2. The summed E-state index contributed by atoms with van der Waals surface area (Å²) >= 11 is 0. The van der Waals surface area contributed by atoms with Gasteiger partial charge in [0.2, 0.25) is 0 Å². The minimum absolute atomic E-state index is 0.0633. The van der Waals surface area contributed by atoms with Gasteiger partial charge in [0.25, 0.3) is 5.89 Å². The number of ether oxygens (including phenoxy) is 1. The van der Waals surface area contributed by atoms with Crippen molar-refractivity contribution in [2.45, 2.75) is 20.1 Å². The van der Waals surface area contributed by atoms with Crippen LogP contribution in [0.15, 0.2) is 51.6 Å². The topological polar surface area (TPSA) is 90.4 Å². The second-order valence-corrected chi connectivity index (χ2v) is 4.79. The molecule has 3 aromatic rings. The van der Waals surface area contributed by atoms with Crippen molar-refractivity contribution in [3.05, 3.63) is 65.7 Å². The van der Waals surface area contributed by atoms with Gasteiger partial charge in [-0.3, -0.25) is 0 Å². The first-order chi connectivity index (χ1) is 11.2. The van der Waals surface area contributed by atoms with Crippen molar-refractivity contribution in [2.24, 2.45) is 0 Å². The Kier molecular flexibility index (Phi) is 4.37. The lowest BCUT2D eigenvalue weighted by atomic mass is 10.2. The van der Waals surface area contributed by atoms with E-state index in [1.54, 1.807) is 31.4 Å². The van der Waals surface area contributed by atoms with Gasteiger partial charge in [0.15, 0.2) is 12.4 Å². The summed E-state index contributed by atoms with van der Waals surface area (Å²) in [5.41, 5.74) is 1.09. The Morgan fingerprint density at radius 2 is 2.13 bits per heavy atom. The van der Waals surface area contributed by atoms with Crippen molar-refractivity contribution in [1.29, 1.82) is 0 Å². The third-order valence-electron chi connectivity index (χ3n) is 3.08. The Morgan fingerprint density at radius 1 is 1.26 bits per heavy atom. The van der Waals surface area contributed by atoms with E-state index in [-0.39, 0.29) is 12.5 Å². The van der Waals surface area contributed by atoms with Crippen molar-refractivity contribution < 1.29 is 18.5 Å². The molecule has 0 spiro atoms. The molecule has 7 heteroatoms. The highest BCUT2D eigenvalue weighted by atomic mass is 16.6. The number of anilines is 1. The molecule has 0 aliphatic carbocycles. The molecule has 1 aromatic carbocycles. The number of carbonyl (C=O) groups excluding carboxylic acids is 1. The van der Waals surface area contributed by atoms with Gasteiger partial charge in [-0.25, -0.2) is 4.79 Å². The predicted molar refractivity (Wildman–Crippen MR) is 80.6 cm³/mol. The molecule has 118 valence electrons. The molecule has 1 N–H and O–H groups in total. The van der Waals surface area contributed by atoms with E-state index in [0.717, 1.165) is 5.76 Å². The van der Waals surface area contributed by atoms with Crippen LogP contribution in [-0.2, 0) is 17.9 Å². The number of benzene rings is 1. The number of esters is 1. The highest BCUT2D eigenvalue weighted by Crippen LogP contribution is 2.18. The molecular formula is C16H15N3O4. The first-order valence-corrected chi connectivity index (χ1v) is 7.04. The quantitative estimate of drug-likeness (QED) is 0.700. The first-order valence-electron chi connectivity index (χ1n) is 7.04. The molecule has 7 nitrogen and oxygen atoms in total. The fourth-order valence-electron chi connectivity index (χ4n) is 2.01. The minimum atomic E-state index is -0.469. The van der Waals surface area contributed by atoms with E-state index in [1.807, 2.05) is 18.2 Å². The number of nitrogens with zero attached hydrogens (tertiary/aromatic N) is 2. The Labute approximate surface area is 132 Å². The minimum Gasteiger partial charge on any atom is -0.467 e. The molecule has 0 amide bonds. The highest BCUT2D eigenvalue weighted by Gasteiger charge is 2.14. The van der Waals surface area contributed by atoms with Crippen LogP contribution in [0.1, 0.15) is 27.8 Å². The van der Waals surface area contributed by atoms with Crippen LogP contribution in [-0.4, -0.2) is 16.1 Å². The molecule has 0 radical (unpaired) electrons. The van der Waals surface area contributed by atoms with Gasteiger partial charge in [-0.05, 0) is 31.2 Å². The fraction of sp³-hybridized carbons (Fsp3) is 0.188. The Bertz CT molecular complexity index is 780. The van der Waals surface area contributed by atoms with E-state index in [0.29, 0.717) is 23.6 Å². The standard InChI is InChI=1S/C16H15N3O4/c1-11-18-15(23-19-11)10-22-16(20)13-6-2-3-7-14(13)17-9-12-5-4-8-21-12/h2-8,17H,9-10H2,1H3. The Hall–Kier alpha value is -3.09. The zero-order valence-corrected chi connectivity index (χ0v) is 12.5. The largest absolute Gasteiger partial charge is 0.467 e. The van der Waals surface area contributed by atoms with Gasteiger partial charge in [-0.1, -0.05) is 17.3 Å². The molecule has 0 atom stereocenters. The van der Waals surface area contributed by atoms with Crippen LogP contribution in [0.5, 0.6) is 0 Å². The van der Waals surface area contributed by atoms with Crippen molar-refractivity contribution in [3.63, 3.8) is 0 Å². The predicted octanol–water partition coefficient (Wildman–Crippen LogP) is 2.94. The van der Waals surface area contributed by atoms with E-state index < -0.39 is 5.97 Å². The lowest BCUT2D eigenvalue weighted by molar-refractivity contribution is 0.0431. The first kappa shape index (κ1) is 14.8. The molecule has 23 heavy (non-hydrogen) atoms. The van der Waals surface area contributed by atoms with Crippen LogP contribution in [0.2, 0.25) is 0 Å². The van der Waals surface area contributed by atoms with Crippen LogP contribution in [0.3, 0.4) is 0 Å². The van der Waals surface area contributed by atoms with Crippen molar-refractivity contribution in [2.75, 3.05) is 5.32 Å². The van der Waals surface area contributed by atoms with Crippen LogP contribution in [0.25, 0.3) is 0 Å². The maximum atomic E-state index is 12.2. The molecular weight excluding hydrogens is 298 g/mol. The number of aromatic nitrogens is 2. The van der Waals surface area contributed by atoms with Gasteiger partial charge in [-0.2, -0.15) is 4.98 Å². The number of nitrogens with one attached hydrogen (secondary N) is 1. The molecule has 2 aromatic heterocycles. The molecule has 0 aliphatic rings. The van der Waals surface area contributed by atoms with Gasteiger partial charge in [0.1, 0.15) is 5.76 Å². The van der Waals surface area contributed by atoms with Crippen LogP contribution in [0, 0.1) is 6.92 Å². The van der Waals surface area contributed by atoms with Crippen LogP contribution < -0.4 is 5.32 Å². The Morgan fingerprint density at radius 3 is 2.87 bits per heavy atom. The summed E-state index contributed by atoms with van der Waals surface area (Å²) in [6, 6.07) is 10.8. The van der Waals surface area contributed by atoms with Crippen LogP contribution >= 0.6 is 0 Å². The maximum absolute atomic E-state index is 12.2. The van der Waals surface area contributed by atoms with E-state index in [9.17, 15) is 4.79 Å². The number of aryl methyl sites for hydroxylation is 1. The molecule has 0 bridgehead atoms. The zero-order chi connectivity index (χ0) is 16.1. The molecule has 0 fully saturated rings. The average Bonchev–Trinajstić information content (AvgIpc) is 3.22.